The number of ether oxygens (including phenoxy) is 1. The summed E-state index contributed by atoms with van der Waals surface area (Å²) in [5.41, 5.74) is 0. The molecule has 8 nitrogen and oxygen atoms in total. The molecule has 0 amide bonds. The molecular weight excluding hydrogens is 570 g/mol. The number of rotatable bonds is 0. The normalized spacial score (nSPS) is 15.5. The van der Waals surface area contributed by atoms with Gasteiger partial charge in [0.15, 0.2) is 0 Å². The molecule has 0 saturated carbocycles. The van der Waals surface area contributed by atoms with Crippen molar-refractivity contribution in [3.63, 3.8) is 0 Å². The molecule has 0 spiro atoms. The van der Waals surface area contributed by atoms with Crippen molar-refractivity contribution in [2.75, 3.05) is 92.4 Å². The fourth-order valence-electron chi connectivity index (χ4n) is 2.96. The maximum absolute atomic E-state index is 5.01. The predicted molar refractivity (Wildman–Crippen MR) is 222 cm³/mol. The topological polar surface area (TPSA) is 85.0 Å². The number of hydrogen-bond acceptors (Lipinski definition) is 8. The summed E-state index contributed by atoms with van der Waals surface area (Å²) in [7, 11) is 2.19. The Labute approximate surface area is 296 Å². The number of hydrogen-bond donors (Lipinski definition) is 5. The number of morpholine rings is 1. The first-order valence-electron chi connectivity index (χ1n) is 20.2. The molecule has 5 aliphatic rings. The van der Waals surface area contributed by atoms with E-state index in [4.69, 9.17) is 4.74 Å². The molecule has 8 heteroatoms. The number of piperidine rings is 1. The standard InChI is InChI=1S/C6H13N.C4H9NO.C4H9N.C3H8N2.C3H6N2.9C2H6/c1-7-5-3-2-4-6-7;1-3-6-4-2-5-1;1-2-4-5-3-1;2*1-2-5-3-4-1;9*1-2/h2-6H2,1H3;5H,1-4H2;5H,1-4H2;4-5H,1-3H2;3H,1-2H2,(H,4,5);9*1-2H3. The molecule has 4 fully saturated rings. The molecule has 0 aromatic carbocycles. The maximum Gasteiger partial charge on any atom is 0.0825 e. The summed E-state index contributed by atoms with van der Waals surface area (Å²) in [6.07, 6.45) is 8.79. The predicted octanol–water partition coefficient (Wildman–Crippen LogP) is 9.07. The Balaban J connectivity index is -0.0000000476. The third kappa shape index (κ3) is 96.7. The molecular formula is C38H99N7O. The first-order chi connectivity index (χ1) is 22.9. The minimum absolute atomic E-state index is 0.889. The van der Waals surface area contributed by atoms with Gasteiger partial charge in [0.2, 0.25) is 0 Å². The molecule has 5 aliphatic heterocycles. The van der Waals surface area contributed by atoms with Crippen molar-refractivity contribution in [2.24, 2.45) is 4.99 Å². The number of likely N-dealkylation sites (tertiary alicyclic amines) is 1. The molecule has 0 unspecified atom stereocenters. The smallest absolute Gasteiger partial charge is 0.0825 e. The Kier molecular flexibility index (Phi) is 152. The lowest BCUT2D eigenvalue weighted by atomic mass is 10.1. The molecule has 0 radical (unpaired) electrons. The Morgan fingerprint density at radius 1 is 0.457 bits per heavy atom. The summed E-state index contributed by atoms with van der Waals surface area (Å²) in [5, 5.41) is 15.5. The lowest BCUT2D eigenvalue weighted by Gasteiger charge is -2.20. The molecule has 292 valence electrons. The third-order valence-corrected chi connectivity index (χ3v) is 4.68. The average Bonchev–Trinajstić information content (AvgIpc) is 4.06. The highest BCUT2D eigenvalue weighted by Crippen LogP contribution is 2.04. The molecule has 0 aromatic rings. The maximum atomic E-state index is 5.01. The van der Waals surface area contributed by atoms with Crippen LogP contribution in [0.4, 0.5) is 0 Å². The van der Waals surface area contributed by atoms with Gasteiger partial charge < -0.3 is 36.2 Å². The van der Waals surface area contributed by atoms with E-state index in [1.165, 1.54) is 58.3 Å². The van der Waals surface area contributed by atoms with Crippen LogP contribution in [-0.4, -0.2) is 104 Å². The van der Waals surface area contributed by atoms with Crippen LogP contribution in [0.2, 0.25) is 0 Å². The largest absolute Gasteiger partial charge is 0.379 e. The van der Waals surface area contributed by atoms with Gasteiger partial charge in [-0.2, -0.15) is 0 Å². The lowest BCUT2D eigenvalue weighted by Crippen LogP contribution is -2.30. The minimum atomic E-state index is 0.889. The van der Waals surface area contributed by atoms with Crippen molar-refractivity contribution >= 4 is 6.34 Å². The van der Waals surface area contributed by atoms with Crippen molar-refractivity contribution < 1.29 is 4.74 Å². The van der Waals surface area contributed by atoms with E-state index in [-0.39, 0.29) is 0 Å². The summed E-state index contributed by atoms with van der Waals surface area (Å²) >= 11 is 0. The van der Waals surface area contributed by atoms with Gasteiger partial charge in [-0.3, -0.25) is 4.99 Å². The first-order valence-corrected chi connectivity index (χ1v) is 20.2. The van der Waals surface area contributed by atoms with E-state index in [0.717, 1.165) is 59.2 Å². The van der Waals surface area contributed by atoms with Gasteiger partial charge in [0, 0.05) is 39.4 Å². The summed E-state index contributed by atoms with van der Waals surface area (Å²) in [6.45, 7) is 50.2. The molecule has 0 aromatic heterocycles. The van der Waals surface area contributed by atoms with Crippen molar-refractivity contribution in [1.82, 2.24) is 31.5 Å². The number of nitrogens with zero attached hydrogens (tertiary/aromatic N) is 2. The van der Waals surface area contributed by atoms with Crippen molar-refractivity contribution in [2.45, 2.75) is 157 Å². The van der Waals surface area contributed by atoms with Crippen LogP contribution in [0.25, 0.3) is 0 Å². The summed E-state index contributed by atoms with van der Waals surface area (Å²) in [6, 6.07) is 0. The lowest BCUT2D eigenvalue weighted by molar-refractivity contribution is 0.109. The molecule has 0 aliphatic carbocycles. The SMILES string of the molecule is C1=NCCN1.C1CCNC1.C1CNCN1.C1COCCN1.CC.CC.CC.CC.CC.CC.CC.CC.CC.CN1CCCCC1. The average molecular weight is 670 g/mol. The highest BCUT2D eigenvalue weighted by molar-refractivity contribution is 5.56. The van der Waals surface area contributed by atoms with E-state index in [0.29, 0.717) is 0 Å². The highest BCUT2D eigenvalue weighted by atomic mass is 16.5. The van der Waals surface area contributed by atoms with Gasteiger partial charge >= 0.3 is 0 Å². The van der Waals surface area contributed by atoms with Gasteiger partial charge in [0.25, 0.3) is 0 Å². The monoisotopic (exact) mass is 670 g/mol. The third-order valence-electron chi connectivity index (χ3n) is 4.68. The van der Waals surface area contributed by atoms with Gasteiger partial charge in [0.05, 0.1) is 26.1 Å². The van der Waals surface area contributed by atoms with Gasteiger partial charge in [-0.15, -0.1) is 0 Å². The second-order valence-electron chi connectivity index (χ2n) is 7.35. The molecule has 5 rings (SSSR count). The molecule has 5 heterocycles. The van der Waals surface area contributed by atoms with Gasteiger partial charge in [-0.1, -0.05) is 131 Å². The van der Waals surface area contributed by atoms with Crippen LogP contribution in [0.5, 0.6) is 0 Å². The highest BCUT2D eigenvalue weighted by Gasteiger charge is 2.02. The second kappa shape index (κ2) is 104. The second-order valence-corrected chi connectivity index (χ2v) is 7.35. The fraction of sp³-hybridized carbons (Fsp3) is 0.974. The van der Waals surface area contributed by atoms with Crippen molar-refractivity contribution in [1.29, 1.82) is 0 Å². The van der Waals surface area contributed by atoms with E-state index < -0.39 is 0 Å². The quantitative estimate of drug-likeness (QED) is 0.176. The van der Waals surface area contributed by atoms with E-state index in [1.54, 1.807) is 6.34 Å². The summed E-state index contributed by atoms with van der Waals surface area (Å²) < 4.78 is 5.01. The van der Waals surface area contributed by atoms with Crippen LogP contribution >= 0.6 is 0 Å². The Hall–Kier alpha value is -0.770. The van der Waals surface area contributed by atoms with E-state index in [2.05, 4.69) is 43.5 Å². The number of aliphatic imine (C=N–C) groups is 1. The Morgan fingerprint density at radius 2 is 0.848 bits per heavy atom. The van der Waals surface area contributed by atoms with Crippen LogP contribution in [0.3, 0.4) is 0 Å². The Bertz CT molecular complexity index is 290. The van der Waals surface area contributed by atoms with Gasteiger partial charge in [-0.05, 0) is 58.9 Å². The fourth-order valence-corrected chi connectivity index (χ4v) is 2.96. The molecule has 0 bridgehead atoms. The van der Waals surface area contributed by atoms with Crippen LogP contribution in [0.15, 0.2) is 4.99 Å². The zero-order valence-corrected chi connectivity index (χ0v) is 36.1. The van der Waals surface area contributed by atoms with E-state index >= 15 is 0 Å². The molecule has 5 N–H and O–H groups in total. The zero-order valence-electron chi connectivity index (χ0n) is 36.1. The zero-order chi connectivity index (χ0) is 38.0. The van der Waals surface area contributed by atoms with E-state index in [9.17, 15) is 0 Å². The summed E-state index contributed by atoms with van der Waals surface area (Å²) in [5.74, 6) is 0. The van der Waals surface area contributed by atoms with E-state index in [1.807, 2.05) is 125 Å². The van der Waals surface area contributed by atoms with Crippen LogP contribution in [0, 0.1) is 0 Å². The molecule has 0 atom stereocenters. The van der Waals surface area contributed by atoms with Gasteiger partial charge in [0.1, 0.15) is 0 Å². The number of nitrogens with one attached hydrogen (secondary N) is 5. The Morgan fingerprint density at radius 3 is 0.978 bits per heavy atom. The molecule has 4 saturated heterocycles. The van der Waals surface area contributed by atoms with Crippen LogP contribution in [-0.2, 0) is 4.74 Å². The van der Waals surface area contributed by atoms with Crippen molar-refractivity contribution in [3.05, 3.63) is 0 Å². The summed E-state index contributed by atoms with van der Waals surface area (Å²) in [4.78, 5) is 6.24. The van der Waals surface area contributed by atoms with Crippen molar-refractivity contribution in [3.8, 4) is 0 Å². The molecule has 46 heavy (non-hydrogen) atoms. The first kappa shape index (κ1) is 67.4. The van der Waals surface area contributed by atoms with Gasteiger partial charge in [-0.25, -0.2) is 0 Å². The van der Waals surface area contributed by atoms with Crippen LogP contribution < -0.4 is 26.6 Å². The minimum Gasteiger partial charge on any atom is -0.379 e. The van der Waals surface area contributed by atoms with Crippen LogP contribution in [0.1, 0.15) is 157 Å².